The zero-order chi connectivity index (χ0) is 18.9. The normalized spacial score (nSPS) is 11.8. The molecule has 2 aromatic carbocycles. The van der Waals surface area contributed by atoms with Crippen molar-refractivity contribution in [3.63, 3.8) is 0 Å². The summed E-state index contributed by atoms with van der Waals surface area (Å²) in [5.41, 5.74) is 2.62. The number of rotatable bonds is 7. The topological polar surface area (TPSA) is 59.9 Å². The number of amides is 1. The van der Waals surface area contributed by atoms with Crippen LogP contribution in [0, 0.1) is 0 Å². The highest BCUT2D eigenvalue weighted by Crippen LogP contribution is 2.20. The number of likely N-dealkylation sites (N-methyl/N-ethyl adjacent to an activating group) is 1. The summed E-state index contributed by atoms with van der Waals surface area (Å²) in [6.45, 7) is 0.282. The van der Waals surface area contributed by atoms with Crippen molar-refractivity contribution >= 4 is 45.2 Å². The van der Waals surface area contributed by atoms with Gasteiger partial charge in [0.25, 0.3) is 5.91 Å². The van der Waals surface area contributed by atoms with Crippen LogP contribution in [0.15, 0.2) is 57.6 Å². The van der Waals surface area contributed by atoms with Crippen LogP contribution in [-0.4, -0.2) is 25.8 Å². The number of hydrogen-bond donors (Lipinski definition) is 1. The molecule has 1 N–H and O–H groups in total. The average Bonchev–Trinajstić information content (AvgIpc) is 2.65. The van der Waals surface area contributed by atoms with E-state index in [4.69, 9.17) is 21.2 Å². The van der Waals surface area contributed by atoms with E-state index in [-0.39, 0.29) is 18.2 Å². The molecule has 1 amide bonds. The Balaban J connectivity index is 2.19. The predicted octanol–water partition coefficient (Wildman–Crippen LogP) is 4.29. The largest absolute Gasteiger partial charge is 0.489 e. The maximum atomic E-state index is 12.1. The fraction of sp³-hybridized carbons (Fsp3) is 0.158. The van der Waals surface area contributed by atoms with Crippen LogP contribution in [0.5, 0.6) is 5.75 Å². The zero-order valence-corrected chi connectivity index (χ0v) is 16.7. The molecule has 5 nitrogen and oxygen atoms in total. The van der Waals surface area contributed by atoms with Crippen LogP contribution in [0.2, 0.25) is 0 Å². The fourth-order valence-electron chi connectivity index (χ4n) is 2.25. The van der Waals surface area contributed by atoms with Crippen LogP contribution in [0.4, 0.5) is 0 Å². The van der Waals surface area contributed by atoms with Gasteiger partial charge in [-0.1, -0.05) is 53.2 Å². The average molecular weight is 438 g/mol. The van der Waals surface area contributed by atoms with E-state index in [0.29, 0.717) is 15.3 Å². The van der Waals surface area contributed by atoms with E-state index in [9.17, 15) is 4.79 Å². The molecule has 26 heavy (non-hydrogen) atoms. The smallest absolute Gasteiger partial charge is 0.273 e. The monoisotopic (exact) mass is 436 g/mol. The van der Waals surface area contributed by atoms with E-state index in [2.05, 4.69) is 26.4 Å². The highest BCUT2D eigenvalue weighted by molar-refractivity contribution is 9.12. The van der Waals surface area contributed by atoms with E-state index in [1.165, 1.54) is 7.11 Å². The van der Waals surface area contributed by atoms with E-state index < -0.39 is 0 Å². The third-order valence-corrected chi connectivity index (χ3v) is 3.79. The number of ether oxygens (including phenoxy) is 1. The molecule has 0 aliphatic heterocycles. The third-order valence-electron chi connectivity index (χ3n) is 3.45. The Labute approximate surface area is 165 Å². The van der Waals surface area contributed by atoms with Gasteiger partial charge in [-0.25, -0.2) is 0 Å². The molecule has 136 valence electrons. The van der Waals surface area contributed by atoms with Crippen LogP contribution in [0.25, 0.3) is 6.08 Å². The lowest BCUT2D eigenvalue weighted by molar-refractivity contribution is -0.114. The van der Waals surface area contributed by atoms with Crippen molar-refractivity contribution in [3.05, 3.63) is 69.2 Å². The Morgan fingerprint density at radius 1 is 1.23 bits per heavy atom. The number of hydrogen-bond acceptors (Lipinski definition) is 4. The minimum atomic E-state index is -0.331. The molecule has 7 heteroatoms. The number of carbonyl (C=O) groups is 1. The van der Waals surface area contributed by atoms with Gasteiger partial charge in [-0.3, -0.25) is 4.79 Å². The highest BCUT2D eigenvalue weighted by atomic mass is 79.9. The second-order valence-electron chi connectivity index (χ2n) is 5.15. The molecule has 0 bridgehead atoms. The van der Waals surface area contributed by atoms with E-state index in [0.717, 1.165) is 11.1 Å². The van der Waals surface area contributed by atoms with Gasteiger partial charge in [0.1, 0.15) is 19.5 Å². The molecular weight excluding hydrogens is 420 g/mol. The first-order valence-electron chi connectivity index (χ1n) is 7.72. The Morgan fingerprint density at radius 2 is 1.92 bits per heavy atom. The van der Waals surface area contributed by atoms with Crippen molar-refractivity contribution < 1.29 is 14.4 Å². The van der Waals surface area contributed by atoms with E-state index in [1.807, 2.05) is 42.5 Å². The van der Waals surface area contributed by atoms with Gasteiger partial charge in [-0.05, 0) is 45.3 Å². The van der Waals surface area contributed by atoms with E-state index in [1.54, 1.807) is 19.2 Å². The van der Waals surface area contributed by atoms with Crippen LogP contribution >= 0.6 is 27.5 Å². The number of carbonyl (C=O) groups excluding carboxylic acids is 1. The van der Waals surface area contributed by atoms with Crippen molar-refractivity contribution in [2.45, 2.75) is 6.61 Å². The van der Waals surface area contributed by atoms with Gasteiger partial charge in [0, 0.05) is 12.6 Å². The van der Waals surface area contributed by atoms with Gasteiger partial charge in [-0.2, -0.15) is 0 Å². The Bertz CT molecular complexity index is 816. The van der Waals surface area contributed by atoms with Crippen molar-refractivity contribution in [2.24, 2.45) is 5.16 Å². The van der Waals surface area contributed by atoms with Gasteiger partial charge >= 0.3 is 0 Å². The highest BCUT2D eigenvalue weighted by Gasteiger charge is 2.17. The van der Waals surface area contributed by atoms with Crippen molar-refractivity contribution in [3.8, 4) is 5.75 Å². The molecule has 0 spiro atoms. The second-order valence-corrected chi connectivity index (χ2v) is 6.87. The van der Waals surface area contributed by atoms with Gasteiger partial charge < -0.3 is 14.9 Å². The number of oxime groups is 1. The van der Waals surface area contributed by atoms with Crippen LogP contribution in [0.1, 0.15) is 16.7 Å². The first-order chi connectivity index (χ1) is 12.5. The molecule has 0 aromatic heterocycles. The molecule has 0 saturated heterocycles. The minimum absolute atomic E-state index is 0.196. The molecule has 0 fully saturated rings. The molecule has 0 unspecified atom stereocenters. The summed E-state index contributed by atoms with van der Waals surface area (Å²) in [6.07, 6.45) is 1.79. The lowest BCUT2D eigenvalue weighted by Gasteiger charge is -2.12. The molecule has 0 radical (unpaired) electrons. The molecule has 0 heterocycles. The summed E-state index contributed by atoms with van der Waals surface area (Å²) in [4.78, 5) is 16.9. The minimum Gasteiger partial charge on any atom is -0.489 e. The predicted molar refractivity (Wildman–Crippen MR) is 108 cm³/mol. The summed E-state index contributed by atoms with van der Waals surface area (Å²) in [6, 6.07) is 14.9. The summed E-state index contributed by atoms with van der Waals surface area (Å²) in [5.74, 6) is 0.370. The first kappa shape index (κ1) is 20.0. The molecule has 0 atom stereocenters. The number of benzene rings is 2. The Hall–Kier alpha value is -2.31. The summed E-state index contributed by atoms with van der Waals surface area (Å²) in [7, 11) is 2.94. The molecule has 0 saturated carbocycles. The first-order valence-corrected chi connectivity index (χ1v) is 8.89. The van der Waals surface area contributed by atoms with Crippen molar-refractivity contribution in [1.29, 1.82) is 0 Å². The maximum Gasteiger partial charge on any atom is 0.273 e. The second kappa shape index (κ2) is 9.99. The Morgan fingerprint density at radius 3 is 2.54 bits per heavy atom. The van der Waals surface area contributed by atoms with Crippen molar-refractivity contribution in [1.82, 2.24) is 5.32 Å². The standard InChI is InChI=1S/C19H18BrClN2O3/c1-22-19(24)18(23-25-2)16-6-4-3-5-14(16)12-26-15-9-7-13(8-10-15)11-17(20)21/h3-11H,12H2,1-2H3,(H,22,24). The summed E-state index contributed by atoms with van der Waals surface area (Å²) in [5, 5.41) is 6.41. The lowest BCUT2D eigenvalue weighted by atomic mass is 10.0. The zero-order valence-electron chi connectivity index (χ0n) is 14.3. The van der Waals surface area contributed by atoms with Gasteiger partial charge in [-0.15, -0.1) is 0 Å². The fourth-order valence-corrected chi connectivity index (χ4v) is 2.64. The molecule has 0 aliphatic carbocycles. The molecule has 2 aromatic rings. The number of nitrogens with zero attached hydrogens (tertiary/aromatic N) is 1. The summed E-state index contributed by atoms with van der Waals surface area (Å²) >= 11 is 8.98. The third kappa shape index (κ3) is 5.61. The molecule has 0 aliphatic rings. The molecule has 2 rings (SSSR count). The summed E-state index contributed by atoms with van der Waals surface area (Å²) < 4.78 is 6.37. The van der Waals surface area contributed by atoms with Gasteiger partial charge in [0.15, 0.2) is 5.71 Å². The van der Waals surface area contributed by atoms with Gasteiger partial charge in [0.05, 0.1) is 3.94 Å². The van der Waals surface area contributed by atoms with Gasteiger partial charge in [0.2, 0.25) is 0 Å². The number of halogens is 2. The van der Waals surface area contributed by atoms with Crippen LogP contribution < -0.4 is 10.1 Å². The van der Waals surface area contributed by atoms with Crippen LogP contribution in [-0.2, 0) is 16.2 Å². The van der Waals surface area contributed by atoms with Crippen LogP contribution in [0.3, 0.4) is 0 Å². The SMILES string of the molecule is CNC(=O)C(=NOC)c1ccccc1COc1ccc(C=C(Cl)Br)cc1. The Kier molecular flexibility index (Phi) is 7.69. The quantitative estimate of drug-likeness (QED) is 0.519. The number of nitrogens with one attached hydrogen (secondary N) is 1. The van der Waals surface area contributed by atoms with Crippen molar-refractivity contribution in [2.75, 3.05) is 14.2 Å². The lowest BCUT2D eigenvalue weighted by Crippen LogP contribution is -2.29. The maximum absolute atomic E-state index is 12.1. The molecular formula is C19H18BrClN2O3. The van der Waals surface area contributed by atoms with E-state index >= 15 is 0 Å².